The lowest BCUT2D eigenvalue weighted by atomic mass is 9.82. The molecule has 1 aliphatic carbocycles. The van der Waals surface area contributed by atoms with Crippen molar-refractivity contribution in [3.63, 3.8) is 0 Å². The predicted octanol–water partition coefficient (Wildman–Crippen LogP) is 3.42. The van der Waals surface area contributed by atoms with Gasteiger partial charge in [-0.2, -0.15) is 0 Å². The molecule has 1 spiro atoms. The minimum absolute atomic E-state index is 0.0971. The van der Waals surface area contributed by atoms with Crippen LogP contribution >= 0.6 is 23.4 Å². The molecule has 0 unspecified atom stereocenters. The molecular formula is C20H23ClN4O3S. The number of nitrogens with one attached hydrogen (secondary N) is 1. The Bertz CT molecular complexity index is 867. The second kappa shape index (κ2) is 7.99. The van der Waals surface area contributed by atoms with Gasteiger partial charge in [0.1, 0.15) is 12.1 Å². The molecule has 0 aromatic heterocycles. The summed E-state index contributed by atoms with van der Waals surface area (Å²) in [6.07, 6.45) is 4.11. The van der Waals surface area contributed by atoms with E-state index in [9.17, 15) is 14.4 Å². The number of carbonyl (C=O) groups is 3. The molecule has 7 nitrogen and oxygen atoms in total. The molecule has 4 amide bonds. The zero-order chi connectivity index (χ0) is 20.6. The van der Waals surface area contributed by atoms with Crippen molar-refractivity contribution >= 4 is 52.1 Å². The van der Waals surface area contributed by atoms with Gasteiger partial charge in [-0.3, -0.25) is 24.4 Å². The molecular weight excluding hydrogens is 412 g/mol. The van der Waals surface area contributed by atoms with Gasteiger partial charge in [-0.25, -0.2) is 4.79 Å². The number of hydrogen-bond acceptors (Lipinski definition) is 5. The van der Waals surface area contributed by atoms with Crippen LogP contribution in [-0.2, 0) is 9.59 Å². The Morgan fingerprint density at radius 3 is 2.59 bits per heavy atom. The molecule has 29 heavy (non-hydrogen) atoms. The first kappa shape index (κ1) is 20.2. The van der Waals surface area contributed by atoms with E-state index in [1.807, 2.05) is 6.92 Å². The van der Waals surface area contributed by atoms with E-state index in [1.54, 1.807) is 24.3 Å². The molecule has 1 N–H and O–H groups in total. The van der Waals surface area contributed by atoms with Crippen LogP contribution in [0.15, 0.2) is 29.3 Å². The Morgan fingerprint density at radius 1 is 1.28 bits per heavy atom. The second-order valence-corrected chi connectivity index (χ2v) is 9.17. The molecule has 1 aromatic carbocycles. The highest BCUT2D eigenvalue weighted by Crippen LogP contribution is 2.34. The van der Waals surface area contributed by atoms with Crippen LogP contribution in [0, 0.1) is 0 Å². The molecule has 154 valence electrons. The van der Waals surface area contributed by atoms with Gasteiger partial charge in [0.15, 0.2) is 5.17 Å². The summed E-state index contributed by atoms with van der Waals surface area (Å²) in [6.45, 7) is 1.66. The van der Waals surface area contributed by atoms with Gasteiger partial charge < -0.3 is 5.32 Å². The van der Waals surface area contributed by atoms with Crippen LogP contribution < -0.4 is 10.2 Å². The third kappa shape index (κ3) is 3.88. The van der Waals surface area contributed by atoms with Crippen LogP contribution in [0.1, 0.15) is 39.0 Å². The largest absolute Gasteiger partial charge is 0.325 e. The topological polar surface area (TPSA) is 82.1 Å². The Labute approximate surface area is 178 Å². The van der Waals surface area contributed by atoms with E-state index >= 15 is 0 Å². The first-order valence-corrected chi connectivity index (χ1v) is 11.2. The van der Waals surface area contributed by atoms with E-state index in [0.29, 0.717) is 28.7 Å². The number of urea groups is 1. The molecule has 1 saturated carbocycles. The number of nitrogens with zero attached hydrogens (tertiary/aromatic N) is 3. The van der Waals surface area contributed by atoms with Crippen LogP contribution in [0.2, 0.25) is 5.02 Å². The minimum Gasteiger partial charge on any atom is -0.323 e. The summed E-state index contributed by atoms with van der Waals surface area (Å²) in [5.74, 6) is 0.115. The molecule has 3 aliphatic rings. The smallest absolute Gasteiger partial charge is 0.323 e. The Morgan fingerprint density at radius 2 is 1.97 bits per heavy atom. The molecule has 2 heterocycles. The van der Waals surface area contributed by atoms with E-state index in [2.05, 4.69) is 10.3 Å². The molecule has 4 rings (SSSR count). The summed E-state index contributed by atoms with van der Waals surface area (Å²) < 4.78 is 0. The van der Waals surface area contributed by atoms with E-state index < -0.39 is 11.6 Å². The quantitative estimate of drug-likeness (QED) is 0.739. The minimum atomic E-state index is -0.838. The van der Waals surface area contributed by atoms with Gasteiger partial charge in [-0.1, -0.05) is 42.6 Å². The summed E-state index contributed by atoms with van der Waals surface area (Å²) in [6, 6.07) is 6.48. The fraction of sp³-hybridized carbons (Fsp3) is 0.500. The highest BCUT2D eigenvalue weighted by molar-refractivity contribution is 8.14. The highest BCUT2D eigenvalue weighted by atomic mass is 35.5. The number of benzene rings is 1. The standard InChI is InChI=1S/C20H23ClN4O3S/c1-13-12-29-19(22-13)25(15-7-5-14(21)6-8-15)16(26)11-24-17(27)20(23-18(24)28)9-3-2-4-10-20/h5-8,13H,2-4,9-12H2,1H3,(H,23,28)/t13-/m1/s1. The van der Waals surface area contributed by atoms with Crippen molar-refractivity contribution < 1.29 is 14.4 Å². The van der Waals surface area contributed by atoms with Crippen LogP contribution in [0.25, 0.3) is 0 Å². The molecule has 0 radical (unpaired) electrons. The second-order valence-electron chi connectivity index (χ2n) is 7.74. The van der Waals surface area contributed by atoms with Crippen molar-refractivity contribution in [2.45, 2.75) is 50.6 Å². The molecule has 9 heteroatoms. The van der Waals surface area contributed by atoms with Crippen molar-refractivity contribution in [3.8, 4) is 0 Å². The van der Waals surface area contributed by atoms with E-state index in [4.69, 9.17) is 11.6 Å². The number of amides is 4. The number of carbonyl (C=O) groups excluding carboxylic acids is 3. The van der Waals surface area contributed by atoms with Crippen molar-refractivity contribution in [3.05, 3.63) is 29.3 Å². The van der Waals surface area contributed by atoms with E-state index in [-0.39, 0.29) is 24.4 Å². The lowest BCUT2D eigenvalue weighted by Crippen LogP contribution is -2.49. The van der Waals surface area contributed by atoms with Crippen LogP contribution in [-0.4, -0.2) is 51.8 Å². The average molecular weight is 435 g/mol. The van der Waals surface area contributed by atoms with E-state index in [1.165, 1.54) is 16.7 Å². The van der Waals surface area contributed by atoms with Gasteiger partial charge in [0.05, 0.1) is 11.7 Å². The first-order valence-electron chi connectivity index (χ1n) is 9.83. The number of amidine groups is 1. The molecule has 1 atom stereocenters. The third-order valence-corrected chi connectivity index (χ3v) is 7.00. The van der Waals surface area contributed by atoms with Crippen LogP contribution in [0.5, 0.6) is 0 Å². The SMILES string of the molecule is C[C@@H]1CSC(N(C(=O)CN2C(=O)NC3(CCCCC3)C2=O)c2ccc(Cl)cc2)=N1. The summed E-state index contributed by atoms with van der Waals surface area (Å²) >= 11 is 7.48. The van der Waals surface area contributed by atoms with Gasteiger partial charge >= 0.3 is 6.03 Å². The fourth-order valence-electron chi connectivity index (χ4n) is 4.05. The molecule has 2 aliphatic heterocycles. The predicted molar refractivity (Wildman–Crippen MR) is 114 cm³/mol. The van der Waals surface area contributed by atoms with Crippen molar-refractivity contribution in [1.29, 1.82) is 0 Å². The summed E-state index contributed by atoms with van der Waals surface area (Å²) in [5, 5.41) is 3.98. The normalized spacial score (nSPS) is 23.3. The molecule has 1 aromatic rings. The monoisotopic (exact) mass is 434 g/mol. The Kier molecular flexibility index (Phi) is 5.57. The zero-order valence-corrected chi connectivity index (χ0v) is 17.8. The molecule has 1 saturated heterocycles. The highest BCUT2D eigenvalue weighted by Gasteiger charge is 2.52. The van der Waals surface area contributed by atoms with Gasteiger partial charge in [0.25, 0.3) is 11.8 Å². The van der Waals surface area contributed by atoms with Gasteiger partial charge in [-0.05, 0) is 44.0 Å². The zero-order valence-electron chi connectivity index (χ0n) is 16.2. The van der Waals surface area contributed by atoms with Gasteiger partial charge in [0, 0.05) is 10.8 Å². The number of hydrogen-bond donors (Lipinski definition) is 1. The maximum atomic E-state index is 13.3. The number of aliphatic imine (C=N–C) groups is 1. The summed E-state index contributed by atoms with van der Waals surface area (Å²) in [7, 11) is 0. The van der Waals surface area contributed by atoms with Crippen molar-refractivity contribution in [1.82, 2.24) is 10.2 Å². The van der Waals surface area contributed by atoms with Crippen LogP contribution in [0.4, 0.5) is 10.5 Å². The van der Waals surface area contributed by atoms with Crippen molar-refractivity contribution in [2.75, 3.05) is 17.2 Å². The number of halogens is 1. The summed E-state index contributed by atoms with van der Waals surface area (Å²) in [4.78, 5) is 45.9. The number of rotatable bonds is 3. The maximum Gasteiger partial charge on any atom is 0.325 e. The Balaban J connectivity index is 1.58. The van der Waals surface area contributed by atoms with Crippen molar-refractivity contribution in [2.24, 2.45) is 4.99 Å². The lowest BCUT2D eigenvalue weighted by Gasteiger charge is -2.30. The van der Waals surface area contributed by atoms with Gasteiger partial charge in [0.2, 0.25) is 0 Å². The van der Waals surface area contributed by atoms with Gasteiger partial charge in [-0.15, -0.1) is 0 Å². The Hall–Kier alpha value is -2.06. The summed E-state index contributed by atoms with van der Waals surface area (Å²) in [5.41, 5.74) is -0.228. The molecule has 0 bridgehead atoms. The maximum absolute atomic E-state index is 13.3. The first-order chi connectivity index (χ1) is 13.9. The number of anilines is 1. The lowest BCUT2D eigenvalue weighted by molar-refractivity contribution is -0.135. The third-order valence-electron chi connectivity index (χ3n) is 5.56. The van der Waals surface area contributed by atoms with Crippen LogP contribution in [0.3, 0.4) is 0 Å². The average Bonchev–Trinajstić information content (AvgIpc) is 3.21. The fourth-order valence-corrected chi connectivity index (χ4v) is 5.23. The number of thioether (sulfide) groups is 1. The molecule has 2 fully saturated rings. The number of imide groups is 1. The van der Waals surface area contributed by atoms with E-state index in [0.717, 1.165) is 29.9 Å².